The van der Waals surface area contributed by atoms with Crippen molar-refractivity contribution in [2.45, 2.75) is 13.1 Å². The molecule has 10 heteroatoms. The van der Waals surface area contributed by atoms with Crippen molar-refractivity contribution in [3.05, 3.63) is 44.6 Å². The largest absolute Gasteiger partial charge is 0.462 e. The second kappa shape index (κ2) is 5.99. The Morgan fingerprint density at radius 3 is 2.61 bits per heavy atom. The highest BCUT2D eigenvalue weighted by Crippen LogP contribution is 2.38. The topological polar surface area (TPSA) is 82.3 Å². The smallest absolute Gasteiger partial charge is 0.416 e. The lowest BCUT2D eigenvalue weighted by Crippen LogP contribution is -2.09. The molecule has 2 aromatic rings. The van der Waals surface area contributed by atoms with Crippen LogP contribution >= 0.6 is 11.6 Å². The SMILES string of the molecule is CCOC(=O)c1cnc2c([N+](=O)[O-])cc(C(F)(F)F)cc2c1Cl. The lowest BCUT2D eigenvalue weighted by atomic mass is 10.1. The zero-order valence-electron chi connectivity index (χ0n) is 11.5. The van der Waals surface area contributed by atoms with Gasteiger partial charge >= 0.3 is 12.1 Å². The van der Waals surface area contributed by atoms with Crippen LogP contribution in [0, 0.1) is 10.1 Å². The summed E-state index contributed by atoms with van der Waals surface area (Å²) in [5.74, 6) is -0.882. The number of esters is 1. The van der Waals surface area contributed by atoms with Crippen molar-refractivity contribution in [3.8, 4) is 0 Å². The molecule has 0 unspecified atom stereocenters. The molecule has 0 saturated carbocycles. The Labute approximate surface area is 132 Å². The minimum atomic E-state index is -4.82. The first-order chi connectivity index (χ1) is 10.7. The molecule has 2 rings (SSSR count). The number of fused-ring (bicyclic) bond motifs is 1. The summed E-state index contributed by atoms with van der Waals surface area (Å²) in [6.07, 6.45) is -3.88. The number of aromatic nitrogens is 1. The van der Waals surface area contributed by atoms with E-state index < -0.39 is 28.3 Å². The van der Waals surface area contributed by atoms with Crippen molar-refractivity contribution >= 4 is 34.2 Å². The van der Waals surface area contributed by atoms with Gasteiger partial charge in [0.05, 0.1) is 27.7 Å². The number of nitro groups is 1. The van der Waals surface area contributed by atoms with Crippen molar-refractivity contribution in [1.82, 2.24) is 4.98 Å². The van der Waals surface area contributed by atoms with Crippen LogP contribution in [-0.4, -0.2) is 22.5 Å². The molecule has 0 N–H and O–H groups in total. The number of non-ortho nitro benzene ring substituents is 1. The summed E-state index contributed by atoms with van der Waals surface area (Å²) in [6, 6.07) is 0.982. The van der Waals surface area contributed by atoms with E-state index >= 15 is 0 Å². The zero-order chi connectivity index (χ0) is 17.4. The number of pyridine rings is 1. The van der Waals surface area contributed by atoms with E-state index in [9.17, 15) is 28.1 Å². The third-order valence-electron chi connectivity index (χ3n) is 2.90. The monoisotopic (exact) mass is 348 g/mol. The molecule has 0 bridgehead atoms. The van der Waals surface area contributed by atoms with Crippen LogP contribution in [0.25, 0.3) is 10.9 Å². The molecule has 1 aromatic heterocycles. The molecular formula is C13H8ClF3N2O4. The van der Waals surface area contributed by atoms with E-state index in [0.717, 1.165) is 6.20 Å². The van der Waals surface area contributed by atoms with Gasteiger partial charge < -0.3 is 4.74 Å². The van der Waals surface area contributed by atoms with E-state index in [4.69, 9.17) is 16.3 Å². The van der Waals surface area contributed by atoms with Gasteiger partial charge in [0.25, 0.3) is 5.69 Å². The van der Waals surface area contributed by atoms with Gasteiger partial charge in [-0.1, -0.05) is 11.6 Å². The molecule has 1 aromatic carbocycles. The quantitative estimate of drug-likeness (QED) is 0.476. The van der Waals surface area contributed by atoms with Crippen molar-refractivity contribution < 1.29 is 27.6 Å². The van der Waals surface area contributed by atoms with Crippen molar-refractivity contribution in [2.75, 3.05) is 6.61 Å². The fraction of sp³-hybridized carbons (Fsp3) is 0.231. The molecular weight excluding hydrogens is 341 g/mol. The second-order valence-corrected chi connectivity index (χ2v) is 4.73. The zero-order valence-corrected chi connectivity index (χ0v) is 12.2. The fourth-order valence-corrected chi connectivity index (χ4v) is 2.18. The summed E-state index contributed by atoms with van der Waals surface area (Å²) in [4.78, 5) is 25.4. The Kier molecular flexibility index (Phi) is 4.42. The van der Waals surface area contributed by atoms with Gasteiger partial charge in [0.2, 0.25) is 0 Å². The van der Waals surface area contributed by atoms with Crippen LogP contribution in [0.5, 0.6) is 0 Å². The second-order valence-electron chi connectivity index (χ2n) is 4.35. The molecule has 0 fully saturated rings. The number of nitrogens with zero attached hydrogens (tertiary/aromatic N) is 2. The number of benzene rings is 1. The summed E-state index contributed by atoms with van der Waals surface area (Å²) in [5, 5.41) is 10.3. The molecule has 6 nitrogen and oxygen atoms in total. The Morgan fingerprint density at radius 1 is 1.43 bits per heavy atom. The molecule has 0 atom stereocenters. The molecule has 1 heterocycles. The summed E-state index contributed by atoms with van der Waals surface area (Å²) < 4.78 is 43.4. The lowest BCUT2D eigenvalue weighted by Gasteiger charge is -2.10. The number of ether oxygens (including phenoxy) is 1. The van der Waals surface area contributed by atoms with Crippen LogP contribution in [0.2, 0.25) is 5.02 Å². The standard InChI is InChI=1S/C13H8ClF3N2O4/c1-2-23-12(20)8-5-18-11-7(10(8)14)3-6(13(15,16)17)4-9(11)19(21)22/h3-5H,2H2,1H3. The van der Waals surface area contributed by atoms with E-state index in [1.54, 1.807) is 0 Å². The highest BCUT2D eigenvalue weighted by molar-refractivity contribution is 6.38. The average molecular weight is 349 g/mol. The third-order valence-corrected chi connectivity index (χ3v) is 3.31. The lowest BCUT2D eigenvalue weighted by molar-refractivity contribution is -0.383. The maximum Gasteiger partial charge on any atom is 0.416 e. The number of hydrogen-bond donors (Lipinski definition) is 0. The van der Waals surface area contributed by atoms with Crippen LogP contribution in [0.1, 0.15) is 22.8 Å². The van der Waals surface area contributed by atoms with Gasteiger partial charge in [0.15, 0.2) is 0 Å². The predicted molar refractivity (Wildman–Crippen MR) is 74.4 cm³/mol. The Balaban J connectivity index is 2.81. The van der Waals surface area contributed by atoms with Crippen molar-refractivity contribution in [3.63, 3.8) is 0 Å². The molecule has 0 amide bonds. The summed E-state index contributed by atoms with van der Waals surface area (Å²) in [7, 11) is 0. The molecule has 122 valence electrons. The molecule has 23 heavy (non-hydrogen) atoms. The van der Waals surface area contributed by atoms with Crippen molar-refractivity contribution in [2.24, 2.45) is 0 Å². The molecule has 0 radical (unpaired) electrons. The minimum absolute atomic E-state index is 0.0237. The fourth-order valence-electron chi connectivity index (χ4n) is 1.91. The molecule has 0 aliphatic carbocycles. The first-order valence-corrected chi connectivity index (χ1v) is 6.55. The number of rotatable bonds is 3. The first-order valence-electron chi connectivity index (χ1n) is 6.17. The van der Waals surface area contributed by atoms with E-state index in [-0.39, 0.29) is 28.1 Å². The first kappa shape index (κ1) is 16.9. The highest BCUT2D eigenvalue weighted by Gasteiger charge is 2.34. The maximum absolute atomic E-state index is 12.9. The van der Waals surface area contributed by atoms with E-state index in [2.05, 4.69) is 4.98 Å². The van der Waals surface area contributed by atoms with E-state index in [0.29, 0.717) is 12.1 Å². The third kappa shape index (κ3) is 3.19. The predicted octanol–water partition coefficient (Wildman–Crippen LogP) is 3.99. The number of nitro benzene ring substituents is 1. The normalized spacial score (nSPS) is 11.5. The molecule has 0 saturated heterocycles. The maximum atomic E-state index is 12.9. The van der Waals surface area contributed by atoms with Gasteiger partial charge in [-0.05, 0) is 13.0 Å². The summed E-state index contributed by atoms with van der Waals surface area (Å²) in [6.45, 7) is 1.56. The van der Waals surface area contributed by atoms with Gasteiger partial charge in [0.1, 0.15) is 5.52 Å². The number of carbonyl (C=O) groups is 1. The highest BCUT2D eigenvalue weighted by atomic mass is 35.5. The van der Waals surface area contributed by atoms with Crippen LogP contribution in [0.4, 0.5) is 18.9 Å². The van der Waals surface area contributed by atoms with Gasteiger partial charge in [0, 0.05) is 17.6 Å². The number of alkyl halides is 3. The van der Waals surface area contributed by atoms with Crippen LogP contribution in [-0.2, 0) is 10.9 Å². The Morgan fingerprint density at radius 2 is 2.09 bits per heavy atom. The van der Waals surface area contributed by atoms with Gasteiger partial charge in [-0.25, -0.2) is 9.78 Å². The van der Waals surface area contributed by atoms with Crippen LogP contribution in [0.15, 0.2) is 18.3 Å². The molecule has 0 aliphatic rings. The Hall–Kier alpha value is -2.42. The Bertz CT molecular complexity index is 808. The minimum Gasteiger partial charge on any atom is -0.462 e. The number of hydrogen-bond acceptors (Lipinski definition) is 5. The van der Waals surface area contributed by atoms with Gasteiger partial charge in [-0.15, -0.1) is 0 Å². The van der Waals surface area contributed by atoms with Gasteiger partial charge in [-0.3, -0.25) is 10.1 Å². The van der Waals surface area contributed by atoms with Gasteiger partial charge in [-0.2, -0.15) is 13.2 Å². The summed E-state index contributed by atoms with van der Waals surface area (Å²) in [5.41, 5.74) is -2.73. The summed E-state index contributed by atoms with van der Waals surface area (Å²) >= 11 is 5.94. The van der Waals surface area contributed by atoms with Crippen LogP contribution < -0.4 is 0 Å². The van der Waals surface area contributed by atoms with E-state index in [1.165, 1.54) is 6.92 Å². The average Bonchev–Trinajstić information content (AvgIpc) is 2.45. The molecule has 0 aliphatic heterocycles. The van der Waals surface area contributed by atoms with Crippen LogP contribution in [0.3, 0.4) is 0 Å². The molecule has 0 spiro atoms. The van der Waals surface area contributed by atoms with Crippen molar-refractivity contribution in [1.29, 1.82) is 0 Å². The van der Waals surface area contributed by atoms with E-state index in [1.807, 2.05) is 0 Å². The number of halogens is 4. The number of carbonyl (C=O) groups excluding carboxylic acids is 1.